The summed E-state index contributed by atoms with van der Waals surface area (Å²) < 4.78 is 0. The molecular weight excluding hydrogens is 256 g/mol. The molecule has 2 amide bonds. The lowest BCUT2D eigenvalue weighted by Gasteiger charge is -2.30. The van der Waals surface area contributed by atoms with Crippen LogP contribution in [0.25, 0.3) is 10.9 Å². The van der Waals surface area contributed by atoms with Gasteiger partial charge in [-0.3, -0.25) is 10.9 Å². The molecule has 0 saturated carbocycles. The van der Waals surface area contributed by atoms with E-state index in [9.17, 15) is 4.79 Å². The van der Waals surface area contributed by atoms with Gasteiger partial charge in [0.1, 0.15) is 6.17 Å². The van der Waals surface area contributed by atoms with Crippen LogP contribution in [-0.2, 0) is 0 Å². The third-order valence-corrected chi connectivity index (χ3v) is 3.24. The molecule has 0 spiro atoms. The number of nitrogens with one attached hydrogen (secondary N) is 5. The highest BCUT2D eigenvalue weighted by Crippen LogP contribution is 2.15. The summed E-state index contributed by atoms with van der Waals surface area (Å²) in [7, 11) is 0. The Morgan fingerprint density at radius 2 is 2.20 bits per heavy atom. The van der Waals surface area contributed by atoms with E-state index in [1.165, 1.54) is 0 Å². The van der Waals surface area contributed by atoms with Crippen molar-refractivity contribution in [3.8, 4) is 0 Å². The van der Waals surface area contributed by atoms with Gasteiger partial charge >= 0.3 is 6.03 Å². The van der Waals surface area contributed by atoms with Gasteiger partial charge in [-0.1, -0.05) is 18.2 Å². The number of para-hydroxylation sites is 1. The molecule has 5 N–H and O–H groups in total. The van der Waals surface area contributed by atoms with Crippen molar-refractivity contribution in [2.45, 2.75) is 19.1 Å². The first-order chi connectivity index (χ1) is 9.74. The normalized spacial score (nSPS) is 22.8. The number of aromatic nitrogens is 1. The van der Waals surface area contributed by atoms with Gasteiger partial charge in [0.15, 0.2) is 0 Å². The van der Waals surface area contributed by atoms with Gasteiger partial charge in [0.2, 0.25) is 0 Å². The van der Waals surface area contributed by atoms with Crippen molar-refractivity contribution >= 4 is 23.1 Å². The fraction of sp³-hybridized carbons (Fsp3) is 0.231. The number of nitrogens with zero attached hydrogens (tertiary/aromatic N) is 1. The predicted molar refractivity (Wildman–Crippen MR) is 77.1 cm³/mol. The van der Waals surface area contributed by atoms with Crippen LogP contribution >= 0.6 is 0 Å². The van der Waals surface area contributed by atoms with Crippen LogP contribution in [0.4, 0.5) is 4.79 Å². The Morgan fingerprint density at radius 1 is 1.35 bits per heavy atom. The molecule has 0 radical (unpaired) electrons. The molecule has 104 valence electrons. The van der Waals surface area contributed by atoms with Crippen LogP contribution in [0.1, 0.15) is 12.5 Å². The fourth-order valence-corrected chi connectivity index (χ4v) is 2.10. The zero-order valence-corrected chi connectivity index (χ0v) is 11.0. The van der Waals surface area contributed by atoms with E-state index >= 15 is 0 Å². The molecule has 1 aliphatic heterocycles. The summed E-state index contributed by atoms with van der Waals surface area (Å²) in [6.07, 6.45) is 3.38. The van der Waals surface area contributed by atoms with E-state index in [0.717, 1.165) is 16.5 Å². The topological polar surface area (TPSA) is 93.3 Å². The third-order valence-electron chi connectivity index (χ3n) is 3.24. The van der Waals surface area contributed by atoms with Gasteiger partial charge in [-0.2, -0.15) is 5.10 Å². The lowest BCUT2D eigenvalue weighted by Crippen LogP contribution is -2.67. The first-order valence-corrected chi connectivity index (χ1v) is 6.41. The van der Waals surface area contributed by atoms with E-state index < -0.39 is 0 Å². The summed E-state index contributed by atoms with van der Waals surface area (Å²) in [6.45, 7) is 1.94. The maximum atomic E-state index is 11.2. The van der Waals surface area contributed by atoms with Crippen molar-refractivity contribution in [3.05, 3.63) is 36.0 Å². The number of amides is 2. The number of hydrogen-bond acceptors (Lipinski definition) is 4. The Labute approximate surface area is 115 Å². The molecule has 7 nitrogen and oxygen atoms in total. The number of fused-ring (bicyclic) bond motifs is 1. The van der Waals surface area contributed by atoms with Gasteiger partial charge in [0.05, 0.1) is 12.3 Å². The Hall–Kier alpha value is -2.54. The Morgan fingerprint density at radius 3 is 3.10 bits per heavy atom. The molecule has 1 aliphatic rings. The molecule has 0 aliphatic carbocycles. The van der Waals surface area contributed by atoms with Gasteiger partial charge < -0.3 is 10.3 Å². The first kappa shape index (κ1) is 12.5. The second-order valence-corrected chi connectivity index (χ2v) is 4.69. The van der Waals surface area contributed by atoms with Gasteiger partial charge in [0, 0.05) is 22.7 Å². The first-order valence-electron chi connectivity index (χ1n) is 6.41. The van der Waals surface area contributed by atoms with Crippen LogP contribution in [0.2, 0.25) is 0 Å². The number of hydrazone groups is 1. The van der Waals surface area contributed by atoms with E-state index in [1.54, 1.807) is 6.21 Å². The van der Waals surface area contributed by atoms with E-state index in [1.807, 2.05) is 37.4 Å². The van der Waals surface area contributed by atoms with E-state index in [2.05, 4.69) is 31.7 Å². The zero-order valence-electron chi connectivity index (χ0n) is 11.0. The Kier molecular flexibility index (Phi) is 3.26. The summed E-state index contributed by atoms with van der Waals surface area (Å²) in [4.78, 5) is 14.4. The molecule has 1 aromatic carbocycles. The summed E-state index contributed by atoms with van der Waals surface area (Å²) in [5.41, 5.74) is 10.3. The third kappa shape index (κ3) is 2.43. The Bertz CT molecular complexity index is 649. The van der Waals surface area contributed by atoms with Crippen LogP contribution in [0, 0.1) is 0 Å². The summed E-state index contributed by atoms with van der Waals surface area (Å²) in [5.74, 6) is 0. The number of H-pyrrole nitrogens is 1. The average molecular weight is 272 g/mol. The minimum absolute atomic E-state index is 0.0211. The van der Waals surface area contributed by atoms with Gasteiger partial charge in [-0.25, -0.2) is 10.2 Å². The number of hydrogen-bond donors (Lipinski definition) is 5. The number of urea groups is 1. The van der Waals surface area contributed by atoms with Crippen LogP contribution in [0.5, 0.6) is 0 Å². The second kappa shape index (κ2) is 5.22. The molecule has 2 atom stereocenters. The molecule has 2 heterocycles. The maximum absolute atomic E-state index is 11.2. The highest BCUT2D eigenvalue weighted by atomic mass is 16.2. The minimum Gasteiger partial charge on any atom is -0.361 e. The lowest BCUT2D eigenvalue weighted by molar-refractivity contribution is 0.202. The average Bonchev–Trinajstić information content (AvgIpc) is 2.86. The highest BCUT2D eigenvalue weighted by molar-refractivity contribution is 5.98. The van der Waals surface area contributed by atoms with Gasteiger partial charge in [-0.05, 0) is 13.0 Å². The Balaban J connectivity index is 1.70. The smallest absolute Gasteiger partial charge is 0.330 e. The molecule has 0 bridgehead atoms. The molecule has 20 heavy (non-hydrogen) atoms. The largest absolute Gasteiger partial charge is 0.361 e. The zero-order chi connectivity index (χ0) is 13.9. The fourth-order valence-electron chi connectivity index (χ4n) is 2.10. The standard InChI is InChI=1S/C13H16N6O/c1-8-12(16-13(20)19-17-8)18-15-7-9-6-14-11-5-3-2-4-10(9)11/h2-8,12,14,17-18H,1H3,(H2,16,19,20)/b15-7+. The number of benzene rings is 1. The molecule has 1 aromatic heterocycles. The number of carbonyl (C=O) groups is 1. The van der Waals surface area contributed by atoms with E-state index in [0.29, 0.717) is 0 Å². The lowest BCUT2D eigenvalue weighted by atomic mass is 10.2. The van der Waals surface area contributed by atoms with Gasteiger partial charge in [0.25, 0.3) is 0 Å². The highest BCUT2D eigenvalue weighted by Gasteiger charge is 2.23. The van der Waals surface area contributed by atoms with Crippen LogP contribution in [-0.4, -0.2) is 29.4 Å². The van der Waals surface area contributed by atoms with Crippen molar-refractivity contribution in [2.75, 3.05) is 0 Å². The SMILES string of the molecule is CC1NNC(=O)NC1N/N=C/c1c[nH]c2ccccc12. The van der Waals surface area contributed by atoms with Crippen molar-refractivity contribution in [2.24, 2.45) is 5.10 Å². The van der Waals surface area contributed by atoms with Crippen molar-refractivity contribution < 1.29 is 4.79 Å². The maximum Gasteiger partial charge on any atom is 0.330 e. The van der Waals surface area contributed by atoms with Crippen molar-refractivity contribution in [1.82, 2.24) is 26.6 Å². The number of aromatic amines is 1. The second-order valence-electron chi connectivity index (χ2n) is 4.69. The van der Waals surface area contributed by atoms with Crippen molar-refractivity contribution in [1.29, 1.82) is 0 Å². The molecule has 7 heteroatoms. The summed E-state index contributed by atoms with van der Waals surface area (Å²) in [6, 6.07) is 7.76. The number of rotatable bonds is 3. The molecule has 1 fully saturated rings. The molecule has 1 saturated heterocycles. The van der Waals surface area contributed by atoms with Crippen LogP contribution in [0.3, 0.4) is 0 Å². The van der Waals surface area contributed by atoms with E-state index in [-0.39, 0.29) is 18.2 Å². The minimum atomic E-state index is -0.275. The van der Waals surface area contributed by atoms with Crippen LogP contribution < -0.4 is 21.6 Å². The van der Waals surface area contributed by atoms with Crippen molar-refractivity contribution in [3.63, 3.8) is 0 Å². The number of carbonyl (C=O) groups excluding carboxylic acids is 1. The summed E-state index contributed by atoms with van der Waals surface area (Å²) in [5, 5.41) is 8.04. The van der Waals surface area contributed by atoms with Crippen LogP contribution in [0.15, 0.2) is 35.6 Å². The molecule has 2 unspecified atom stereocenters. The quantitative estimate of drug-likeness (QED) is 0.419. The number of hydrazine groups is 1. The molecule has 3 rings (SSSR count). The monoisotopic (exact) mass is 272 g/mol. The van der Waals surface area contributed by atoms with Gasteiger partial charge in [-0.15, -0.1) is 0 Å². The molecular formula is C13H16N6O. The molecule has 2 aromatic rings. The predicted octanol–water partition coefficient (Wildman–Crippen LogP) is 0.623. The summed E-state index contributed by atoms with van der Waals surface area (Å²) >= 11 is 0. The van der Waals surface area contributed by atoms with E-state index in [4.69, 9.17) is 0 Å².